The predicted octanol–water partition coefficient (Wildman–Crippen LogP) is 3.29. The van der Waals surface area contributed by atoms with Gasteiger partial charge in [0.25, 0.3) is 5.91 Å². The molecule has 20 heavy (non-hydrogen) atoms. The molecule has 0 bridgehead atoms. The van der Waals surface area contributed by atoms with Crippen LogP contribution in [0.3, 0.4) is 0 Å². The number of benzene rings is 1. The number of nitrogens with two attached hydrogens (primary N) is 1. The number of amides is 1. The van der Waals surface area contributed by atoms with Gasteiger partial charge in [-0.2, -0.15) is 0 Å². The van der Waals surface area contributed by atoms with Gasteiger partial charge in [-0.25, -0.2) is 0 Å². The van der Waals surface area contributed by atoms with E-state index in [1.165, 1.54) is 0 Å². The monoisotopic (exact) mass is 271 g/mol. The van der Waals surface area contributed by atoms with E-state index in [1.807, 2.05) is 32.2 Å². The number of nitrogen functional groups attached to an aromatic ring is 1. The first kappa shape index (κ1) is 14.2. The standard InChI is InChI=1S/C16H21N3O/c1-10(2)13-7-5-6-11(3)15(13)18-16(20)14-8-12(17)9-19(14)4/h5-10H,17H2,1-4H3,(H,18,20). The Hall–Kier alpha value is -2.23. The highest BCUT2D eigenvalue weighted by atomic mass is 16.1. The Morgan fingerprint density at radius 3 is 2.60 bits per heavy atom. The van der Waals surface area contributed by atoms with Gasteiger partial charge in [-0.05, 0) is 30.0 Å². The molecule has 0 fully saturated rings. The van der Waals surface area contributed by atoms with Crippen LogP contribution in [0.1, 0.15) is 41.4 Å². The van der Waals surface area contributed by atoms with Crippen LogP contribution in [0.15, 0.2) is 30.5 Å². The zero-order chi connectivity index (χ0) is 14.9. The van der Waals surface area contributed by atoms with E-state index in [4.69, 9.17) is 5.73 Å². The van der Waals surface area contributed by atoms with Crippen molar-refractivity contribution < 1.29 is 4.79 Å². The largest absolute Gasteiger partial charge is 0.397 e. The van der Waals surface area contributed by atoms with Crippen LogP contribution in [0.25, 0.3) is 0 Å². The first-order chi connectivity index (χ1) is 9.40. The molecule has 0 atom stereocenters. The maximum absolute atomic E-state index is 12.4. The van der Waals surface area contributed by atoms with Crippen molar-refractivity contribution >= 4 is 17.3 Å². The average Bonchev–Trinajstić information content (AvgIpc) is 2.70. The minimum atomic E-state index is -0.139. The number of aryl methyl sites for hydroxylation is 2. The van der Waals surface area contributed by atoms with Crippen LogP contribution in [0.4, 0.5) is 11.4 Å². The van der Waals surface area contributed by atoms with Gasteiger partial charge >= 0.3 is 0 Å². The fourth-order valence-corrected chi connectivity index (χ4v) is 2.34. The maximum Gasteiger partial charge on any atom is 0.272 e. The molecule has 0 spiro atoms. The van der Waals surface area contributed by atoms with Gasteiger partial charge < -0.3 is 15.6 Å². The van der Waals surface area contributed by atoms with Crippen LogP contribution < -0.4 is 11.1 Å². The Morgan fingerprint density at radius 2 is 2.05 bits per heavy atom. The maximum atomic E-state index is 12.4. The zero-order valence-corrected chi connectivity index (χ0v) is 12.4. The van der Waals surface area contributed by atoms with Crippen LogP contribution >= 0.6 is 0 Å². The Morgan fingerprint density at radius 1 is 1.35 bits per heavy atom. The van der Waals surface area contributed by atoms with Gasteiger partial charge in [0, 0.05) is 18.9 Å². The van der Waals surface area contributed by atoms with Crippen molar-refractivity contribution in [2.24, 2.45) is 7.05 Å². The van der Waals surface area contributed by atoms with E-state index in [0.29, 0.717) is 17.3 Å². The quantitative estimate of drug-likeness (QED) is 0.900. The molecule has 0 aliphatic rings. The molecule has 0 saturated carbocycles. The molecule has 1 heterocycles. The summed E-state index contributed by atoms with van der Waals surface area (Å²) in [5, 5.41) is 3.02. The van der Waals surface area contributed by atoms with Gasteiger partial charge in [0.2, 0.25) is 0 Å². The Labute approximate surface area is 119 Å². The summed E-state index contributed by atoms with van der Waals surface area (Å²) in [5.41, 5.74) is 9.96. The lowest BCUT2D eigenvalue weighted by molar-refractivity contribution is 0.101. The van der Waals surface area contributed by atoms with Gasteiger partial charge in [-0.15, -0.1) is 0 Å². The van der Waals surface area contributed by atoms with Crippen molar-refractivity contribution in [1.82, 2.24) is 4.57 Å². The molecular formula is C16H21N3O. The third-order valence-corrected chi connectivity index (χ3v) is 3.42. The molecular weight excluding hydrogens is 250 g/mol. The molecule has 1 aromatic heterocycles. The number of anilines is 2. The lowest BCUT2D eigenvalue weighted by Crippen LogP contribution is -2.17. The zero-order valence-electron chi connectivity index (χ0n) is 12.4. The average molecular weight is 271 g/mol. The van der Waals surface area contributed by atoms with Gasteiger partial charge in [-0.1, -0.05) is 32.0 Å². The summed E-state index contributed by atoms with van der Waals surface area (Å²) in [6.45, 7) is 6.23. The number of para-hydroxylation sites is 1. The van der Waals surface area contributed by atoms with Crippen LogP contribution in [0.5, 0.6) is 0 Å². The van der Waals surface area contributed by atoms with E-state index in [1.54, 1.807) is 16.8 Å². The highest BCUT2D eigenvalue weighted by Crippen LogP contribution is 2.28. The van der Waals surface area contributed by atoms with Crippen LogP contribution in [0, 0.1) is 6.92 Å². The van der Waals surface area contributed by atoms with E-state index in [2.05, 4.69) is 19.2 Å². The van der Waals surface area contributed by atoms with E-state index in [0.717, 1.165) is 16.8 Å². The number of carbonyl (C=O) groups excluding carboxylic acids is 1. The lowest BCUT2D eigenvalue weighted by Gasteiger charge is -2.16. The van der Waals surface area contributed by atoms with E-state index >= 15 is 0 Å². The minimum Gasteiger partial charge on any atom is -0.397 e. The smallest absolute Gasteiger partial charge is 0.272 e. The fraction of sp³-hybridized carbons (Fsp3) is 0.312. The predicted molar refractivity (Wildman–Crippen MR) is 83.0 cm³/mol. The summed E-state index contributed by atoms with van der Waals surface area (Å²) in [6.07, 6.45) is 1.73. The number of carbonyl (C=O) groups is 1. The lowest BCUT2D eigenvalue weighted by atomic mass is 9.98. The van der Waals surface area contributed by atoms with Crippen molar-refractivity contribution in [3.63, 3.8) is 0 Å². The van der Waals surface area contributed by atoms with Crippen LogP contribution in [-0.2, 0) is 7.05 Å². The molecule has 0 unspecified atom stereocenters. The van der Waals surface area contributed by atoms with Crippen molar-refractivity contribution in [2.45, 2.75) is 26.7 Å². The van der Waals surface area contributed by atoms with Crippen molar-refractivity contribution in [3.8, 4) is 0 Å². The van der Waals surface area contributed by atoms with Gasteiger partial charge in [0.05, 0.1) is 5.69 Å². The second kappa shape index (κ2) is 5.41. The first-order valence-corrected chi connectivity index (χ1v) is 6.73. The van der Waals surface area contributed by atoms with Gasteiger partial charge in [-0.3, -0.25) is 4.79 Å². The SMILES string of the molecule is Cc1cccc(C(C)C)c1NC(=O)c1cc(N)cn1C. The summed E-state index contributed by atoms with van der Waals surface area (Å²) in [6, 6.07) is 7.75. The molecule has 1 aromatic carbocycles. The molecule has 0 saturated heterocycles. The number of rotatable bonds is 3. The summed E-state index contributed by atoms with van der Waals surface area (Å²) in [7, 11) is 1.81. The Bertz CT molecular complexity index is 641. The molecule has 4 heteroatoms. The minimum absolute atomic E-state index is 0.139. The molecule has 2 rings (SSSR count). The number of nitrogens with one attached hydrogen (secondary N) is 1. The highest BCUT2D eigenvalue weighted by molar-refractivity contribution is 6.04. The van der Waals surface area contributed by atoms with Crippen LogP contribution in [0.2, 0.25) is 0 Å². The molecule has 0 radical (unpaired) electrons. The van der Waals surface area contributed by atoms with Crippen molar-refractivity contribution in [3.05, 3.63) is 47.3 Å². The first-order valence-electron chi connectivity index (χ1n) is 6.73. The molecule has 1 amide bonds. The number of hydrogen-bond donors (Lipinski definition) is 2. The Balaban J connectivity index is 2.35. The highest BCUT2D eigenvalue weighted by Gasteiger charge is 2.15. The normalized spacial score (nSPS) is 10.8. The molecule has 2 aromatic rings. The Kier molecular flexibility index (Phi) is 3.84. The molecule has 0 aliphatic heterocycles. The van der Waals surface area contributed by atoms with E-state index in [-0.39, 0.29) is 5.91 Å². The van der Waals surface area contributed by atoms with Crippen molar-refractivity contribution in [2.75, 3.05) is 11.1 Å². The summed E-state index contributed by atoms with van der Waals surface area (Å²) in [4.78, 5) is 12.4. The van der Waals surface area contributed by atoms with Crippen molar-refractivity contribution in [1.29, 1.82) is 0 Å². The third kappa shape index (κ3) is 2.69. The summed E-state index contributed by atoms with van der Waals surface area (Å²) >= 11 is 0. The number of aromatic nitrogens is 1. The molecule has 0 aliphatic carbocycles. The van der Waals surface area contributed by atoms with E-state index < -0.39 is 0 Å². The second-order valence-corrected chi connectivity index (χ2v) is 5.42. The fourth-order valence-electron chi connectivity index (χ4n) is 2.34. The van der Waals surface area contributed by atoms with Crippen LogP contribution in [-0.4, -0.2) is 10.5 Å². The topological polar surface area (TPSA) is 60.1 Å². The molecule has 3 N–H and O–H groups in total. The van der Waals surface area contributed by atoms with Gasteiger partial charge in [0.1, 0.15) is 5.69 Å². The third-order valence-electron chi connectivity index (χ3n) is 3.42. The number of nitrogens with zero attached hydrogens (tertiary/aromatic N) is 1. The molecule has 4 nitrogen and oxygen atoms in total. The summed E-state index contributed by atoms with van der Waals surface area (Å²) in [5.74, 6) is 0.212. The number of hydrogen-bond acceptors (Lipinski definition) is 2. The van der Waals surface area contributed by atoms with E-state index in [9.17, 15) is 4.79 Å². The summed E-state index contributed by atoms with van der Waals surface area (Å²) < 4.78 is 1.73. The molecule has 106 valence electrons. The van der Waals surface area contributed by atoms with Gasteiger partial charge in [0.15, 0.2) is 0 Å². The second-order valence-electron chi connectivity index (χ2n) is 5.42.